The molecule has 0 aliphatic carbocycles. The highest BCUT2D eigenvalue weighted by molar-refractivity contribution is 8.76. The van der Waals surface area contributed by atoms with E-state index in [1.807, 2.05) is 17.0 Å². The average molecular weight is 536 g/mol. The van der Waals surface area contributed by atoms with E-state index < -0.39 is 0 Å². The van der Waals surface area contributed by atoms with Crippen molar-refractivity contribution in [3.8, 4) is 0 Å². The van der Waals surface area contributed by atoms with Gasteiger partial charge in [-0.05, 0) is 19.8 Å². The Bertz CT molecular complexity index is 788. The lowest BCUT2D eigenvalue weighted by Crippen LogP contribution is -3.00. The molecule has 2 aromatic rings. The summed E-state index contributed by atoms with van der Waals surface area (Å²) in [6.07, 6.45) is 13.5. The highest BCUT2D eigenvalue weighted by atomic mass is 35.5. The molecule has 0 saturated heterocycles. The highest BCUT2D eigenvalue weighted by Crippen LogP contribution is 2.24. The van der Waals surface area contributed by atoms with Gasteiger partial charge in [0.15, 0.2) is 12.2 Å². The van der Waals surface area contributed by atoms with Gasteiger partial charge in [-0.25, -0.2) is 4.98 Å². The van der Waals surface area contributed by atoms with Crippen molar-refractivity contribution in [1.82, 2.24) is 9.97 Å². The van der Waals surface area contributed by atoms with E-state index in [2.05, 4.69) is 45.4 Å². The van der Waals surface area contributed by atoms with Crippen molar-refractivity contribution >= 4 is 32.9 Å². The van der Waals surface area contributed by atoms with Crippen LogP contribution in [0.1, 0.15) is 87.2 Å². The lowest BCUT2D eigenvalue weighted by atomic mass is 10.2. The molecule has 0 spiro atoms. The summed E-state index contributed by atoms with van der Waals surface area (Å²) in [5, 5.41) is 8.95. The molecule has 0 aromatic carbocycles. The number of aromatic amines is 1. The molecule has 0 aliphatic heterocycles. The van der Waals surface area contributed by atoms with E-state index in [0.717, 1.165) is 10.6 Å². The third-order valence-electron chi connectivity index (χ3n) is 5.08. The normalized spacial score (nSPS) is 10.5. The molecule has 2 N–H and O–H groups in total. The molecule has 33 heavy (non-hydrogen) atoms. The lowest BCUT2D eigenvalue weighted by Gasteiger charge is -2.00. The summed E-state index contributed by atoms with van der Waals surface area (Å²) in [5.74, 6) is 3.34. The van der Waals surface area contributed by atoms with Crippen LogP contribution in [0, 0.1) is 13.8 Å². The molecule has 0 fully saturated rings. The van der Waals surface area contributed by atoms with Gasteiger partial charge in [0.1, 0.15) is 11.4 Å². The van der Waals surface area contributed by atoms with Crippen molar-refractivity contribution in [2.75, 3.05) is 18.1 Å². The molecule has 0 unspecified atom stereocenters. The van der Waals surface area contributed by atoms with Crippen molar-refractivity contribution in [3.63, 3.8) is 0 Å². The number of aliphatic hydroxyl groups excluding tert-OH is 1. The van der Waals surface area contributed by atoms with Crippen LogP contribution in [-0.4, -0.2) is 33.2 Å². The lowest BCUT2D eigenvalue weighted by molar-refractivity contribution is -0.689. The zero-order chi connectivity index (χ0) is 23.6. The number of hydrogen-bond donors (Lipinski definition) is 2. The summed E-state index contributed by atoms with van der Waals surface area (Å²) >= 11 is 1.60. The molecule has 0 amide bonds. The van der Waals surface area contributed by atoms with Gasteiger partial charge in [0, 0.05) is 37.7 Å². The summed E-state index contributed by atoms with van der Waals surface area (Å²) in [5.41, 5.74) is 3.61. The second-order valence-electron chi connectivity index (χ2n) is 7.92. The molecule has 0 saturated carbocycles. The fourth-order valence-corrected chi connectivity index (χ4v) is 6.33. The van der Waals surface area contributed by atoms with Crippen molar-refractivity contribution in [1.29, 1.82) is 0 Å². The minimum absolute atomic E-state index is 0. The van der Waals surface area contributed by atoms with Crippen LogP contribution in [-0.2, 0) is 13.0 Å². The Hall–Kier alpha value is -0.540. The molecule has 190 valence electrons. The Labute approximate surface area is 218 Å². The fraction of sp³-hybridized carbons (Fsp3) is 0.708. The standard InChI is InChI=1S/C12H15N3O2S.C12H26S2.ClH/c1-8-11(3-4-16)18-7-15(8)6-10-5-13-9(2)14-12(10)17;1-3-5-7-9-11-13-14-12-10-8-6-4-2;/h5,7,16H,3-4,6H2,1-2H3;3-12H2,1-2H3;1H. The van der Waals surface area contributed by atoms with Crippen molar-refractivity contribution in [3.05, 3.63) is 44.0 Å². The Morgan fingerprint density at radius 2 is 1.64 bits per heavy atom. The summed E-state index contributed by atoms with van der Waals surface area (Å²) in [4.78, 5) is 19.7. The molecule has 5 nitrogen and oxygen atoms in total. The van der Waals surface area contributed by atoms with Crippen LogP contribution in [0.5, 0.6) is 0 Å². The number of unbranched alkanes of at least 4 members (excludes halogenated alkanes) is 6. The monoisotopic (exact) mass is 535 g/mol. The second kappa shape index (κ2) is 20.8. The number of halogens is 1. The van der Waals surface area contributed by atoms with Gasteiger partial charge >= 0.3 is 0 Å². The molecular weight excluding hydrogens is 494 g/mol. The summed E-state index contributed by atoms with van der Waals surface area (Å²) in [6, 6.07) is 0. The molecule has 0 aliphatic rings. The van der Waals surface area contributed by atoms with Crippen molar-refractivity contribution in [2.45, 2.75) is 92.0 Å². The number of hydrogen-bond acceptors (Lipinski definition) is 6. The van der Waals surface area contributed by atoms with Crippen LogP contribution in [0.4, 0.5) is 0 Å². The van der Waals surface area contributed by atoms with Gasteiger partial charge in [0.2, 0.25) is 5.51 Å². The van der Waals surface area contributed by atoms with Gasteiger partial charge in [0.25, 0.3) is 5.56 Å². The first-order valence-corrected chi connectivity index (χ1v) is 15.3. The number of nitrogens with zero attached hydrogens (tertiary/aromatic N) is 2. The number of nitrogens with one attached hydrogen (secondary N) is 1. The van der Waals surface area contributed by atoms with E-state index in [1.54, 1.807) is 24.5 Å². The van der Waals surface area contributed by atoms with Gasteiger partial charge in [-0.15, -0.1) is 0 Å². The first-order valence-electron chi connectivity index (χ1n) is 11.9. The van der Waals surface area contributed by atoms with E-state index in [-0.39, 0.29) is 24.6 Å². The molecule has 0 radical (unpaired) electrons. The maximum absolute atomic E-state index is 11.7. The Kier molecular flexibility index (Phi) is 20.5. The fourth-order valence-electron chi connectivity index (χ4n) is 3.05. The van der Waals surface area contributed by atoms with Gasteiger partial charge in [-0.1, -0.05) is 85.3 Å². The van der Waals surface area contributed by atoms with Crippen molar-refractivity contribution < 1.29 is 22.1 Å². The topological polar surface area (TPSA) is 69.9 Å². The van der Waals surface area contributed by atoms with E-state index in [9.17, 15) is 4.79 Å². The Balaban J connectivity index is 0.000000624. The number of aromatic nitrogens is 3. The number of aryl methyl sites for hydroxylation is 1. The van der Waals surface area contributed by atoms with Crippen molar-refractivity contribution in [2.24, 2.45) is 0 Å². The van der Waals surface area contributed by atoms with E-state index in [1.165, 1.54) is 62.9 Å². The molecular formula is C24H42ClN3O2S3. The molecule has 2 heterocycles. The van der Waals surface area contributed by atoms with E-state index in [4.69, 9.17) is 5.11 Å². The van der Waals surface area contributed by atoms with Gasteiger partial charge < -0.3 is 22.5 Å². The molecule has 0 atom stereocenters. The third-order valence-corrected chi connectivity index (χ3v) is 8.80. The van der Waals surface area contributed by atoms with Gasteiger partial charge in [0.05, 0.1) is 4.88 Å². The van der Waals surface area contributed by atoms with Crippen LogP contribution < -0.4 is 22.5 Å². The number of aliphatic hydroxyl groups is 1. The summed E-state index contributed by atoms with van der Waals surface area (Å²) < 4.78 is 2.01. The number of thiazole rings is 1. The third kappa shape index (κ3) is 14.5. The smallest absolute Gasteiger partial charge is 0.260 e. The largest absolute Gasteiger partial charge is 1.00 e. The van der Waals surface area contributed by atoms with E-state index in [0.29, 0.717) is 24.4 Å². The minimum atomic E-state index is -0.0932. The number of rotatable bonds is 15. The van der Waals surface area contributed by atoms with Crippen LogP contribution in [0.3, 0.4) is 0 Å². The first kappa shape index (κ1) is 32.5. The highest BCUT2D eigenvalue weighted by Gasteiger charge is 2.16. The quantitative estimate of drug-likeness (QED) is 0.208. The Morgan fingerprint density at radius 3 is 2.15 bits per heavy atom. The summed E-state index contributed by atoms with van der Waals surface area (Å²) in [6.45, 7) is 8.96. The molecule has 0 bridgehead atoms. The second-order valence-corrected chi connectivity index (χ2v) is 11.6. The van der Waals surface area contributed by atoms with Gasteiger partial charge in [-0.3, -0.25) is 4.79 Å². The molecule has 2 rings (SSSR count). The SMILES string of the molecule is CCCCCCSSCCCCCC.Cc1ncc(C[n+]2csc(CCO)c2C)c(=O)[nH]1.[Cl-]. The van der Waals surface area contributed by atoms with E-state index >= 15 is 0 Å². The zero-order valence-corrected chi connectivity index (χ0v) is 23.9. The van der Waals surface area contributed by atoms with Crippen LogP contribution in [0.25, 0.3) is 0 Å². The zero-order valence-electron chi connectivity index (χ0n) is 20.7. The molecule has 9 heteroatoms. The number of H-pyrrole nitrogens is 1. The van der Waals surface area contributed by atoms with Gasteiger partial charge in [-0.2, -0.15) is 4.57 Å². The first-order chi connectivity index (χ1) is 15.5. The average Bonchev–Trinajstić information content (AvgIpc) is 3.11. The maximum atomic E-state index is 11.7. The maximum Gasteiger partial charge on any atom is 0.260 e. The Morgan fingerprint density at radius 1 is 1.03 bits per heavy atom. The van der Waals surface area contributed by atoms with Crippen LogP contribution in [0.15, 0.2) is 16.5 Å². The summed E-state index contributed by atoms with van der Waals surface area (Å²) in [7, 11) is 4.16. The predicted molar refractivity (Wildman–Crippen MR) is 142 cm³/mol. The van der Waals surface area contributed by atoms with Crippen LogP contribution in [0.2, 0.25) is 0 Å². The van der Waals surface area contributed by atoms with Crippen LogP contribution >= 0.6 is 32.9 Å². The predicted octanol–water partition coefficient (Wildman–Crippen LogP) is 2.85. The molecule has 2 aromatic heterocycles. The minimum Gasteiger partial charge on any atom is -1.00 e.